The van der Waals surface area contributed by atoms with E-state index in [0.29, 0.717) is 46.6 Å². The van der Waals surface area contributed by atoms with Crippen molar-refractivity contribution in [1.82, 2.24) is 14.9 Å². The van der Waals surface area contributed by atoms with Crippen molar-refractivity contribution in [3.05, 3.63) is 36.1 Å². The summed E-state index contributed by atoms with van der Waals surface area (Å²) in [5.41, 5.74) is 0.0456. The van der Waals surface area contributed by atoms with Crippen LogP contribution in [0.15, 0.2) is 35.2 Å². The Morgan fingerprint density at radius 3 is 2.28 bits per heavy atom. The Kier molecular flexibility index (Phi) is 8.30. The molecule has 0 spiro atoms. The maximum Gasteiger partial charge on any atom is 0.410 e. The van der Waals surface area contributed by atoms with Crippen LogP contribution in [0.1, 0.15) is 46.5 Å². The van der Waals surface area contributed by atoms with Gasteiger partial charge in [-0.05, 0) is 76.6 Å². The number of piperidine rings is 1. The zero-order valence-electron chi connectivity index (χ0n) is 25.2. The van der Waals surface area contributed by atoms with Crippen molar-refractivity contribution >= 4 is 44.3 Å². The van der Waals surface area contributed by atoms with Crippen molar-refractivity contribution in [2.75, 3.05) is 37.7 Å². The summed E-state index contributed by atoms with van der Waals surface area (Å²) in [4.78, 5) is 24.0. The highest BCUT2D eigenvalue weighted by atomic mass is 32.2. The Bertz CT molecular complexity index is 1630. The molecule has 2 aliphatic heterocycles. The third-order valence-electron chi connectivity index (χ3n) is 7.81. The van der Waals surface area contributed by atoms with Crippen LogP contribution >= 0.6 is 0 Å². The van der Waals surface area contributed by atoms with Gasteiger partial charge in [-0.1, -0.05) is 0 Å². The molecule has 0 aliphatic carbocycles. The second-order valence-electron chi connectivity index (χ2n) is 12.1. The summed E-state index contributed by atoms with van der Waals surface area (Å²) in [6.07, 6.45) is 4.35. The van der Waals surface area contributed by atoms with Crippen molar-refractivity contribution in [3.8, 4) is 11.5 Å². The summed E-state index contributed by atoms with van der Waals surface area (Å²) >= 11 is 0. The molecule has 11 nitrogen and oxygen atoms in total. The lowest BCUT2D eigenvalue weighted by Gasteiger charge is -2.39. The van der Waals surface area contributed by atoms with Crippen LogP contribution in [0, 0.1) is 11.7 Å². The number of sulfone groups is 1. The van der Waals surface area contributed by atoms with Gasteiger partial charge in [0.05, 0.1) is 30.3 Å². The van der Waals surface area contributed by atoms with Crippen molar-refractivity contribution in [1.29, 1.82) is 0 Å². The van der Waals surface area contributed by atoms with Crippen LogP contribution in [-0.4, -0.2) is 74.1 Å². The summed E-state index contributed by atoms with van der Waals surface area (Å²) < 4.78 is 55.4. The molecule has 1 unspecified atom stereocenters. The summed E-state index contributed by atoms with van der Waals surface area (Å²) in [6.45, 7) is 6.22. The molecule has 3 heterocycles. The fourth-order valence-electron chi connectivity index (χ4n) is 5.89. The molecule has 5 rings (SSSR count). The monoisotopic (exact) mass is 615 g/mol. The van der Waals surface area contributed by atoms with Gasteiger partial charge in [0.1, 0.15) is 17.2 Å². The maximum absolute atomic E-state index is 15.0. The number of carbonyl (C=O) groups excluding carboxylic acids is 1. The highest BCUT2D eigenvalue weighted by Gasteiger charge is 2.44. The number of aromatic nitrogens is 2. The average molecular weight is 616 g/mol. The number of methoxy groups -OCH3 is 2. The number of hydrogen-bond acceptors (Lipinski definition) is 10. The van der Waals surface area contributed by atoms with E-state index >= 15 is 4.39 Å². The largest absolute Gasteiger partial charge is 0.493 e. The van der Waals surface area contributed by atoms with Crippen molar-refractivity contribution in [3.63, 3.8) is 0 Å². The minimum atomic E-state index is -3.57. The first-order chi connectivity index (χ1) is 20.3. The smallest absolute Gasteiger partial charge is 0.410 e. The molecule has 2 fully saturated rings. The summed E-state index contributed by atoms with van der Waals surface area (Å²) in [6, 6.07) is 7.35. The number of carbonyl (C=O) groups is 1. The highest BCUT2D eigenvalue weighted by Crippen LogP contribution is 2.40. The number of amides is 1. The normalized spacial score (nSPS) is 20.2. The molecule has 2 bridgehead atoms. The fraction of sp³-hybridized carbons (Fsp3) is 0.500. The SMILES string of the molecule is COc1cc2nc(NCC3C[C@H]4CC[C@@H](C3)N4C(=O)OC(C)(C)C)nc(Nc3ccc(S(C)(=O)=O)cc3F)c2cc1OC. The lowest BCUT2D eigenvalue weighted by Crippen LogP contribution is -2.49. The van der Waals surface area contributed by atoms with E-state index in [1.54, 1.807) is 12.1 Å². The zero-order valence-corrected chi connectivity index (χ0v) is 26.0. The molecule has 1 amide bonds. The molecule has 2 aliphatic rings. The predicted molar refractivity (Wildman–Crippen MR) is 162 cm³/mol. The van der Waals surface area contributed by atoms with Gasteiger partial charge in [-0.2, -0.15) is 4.98 Å². The van der Waals surface area contributed by atoms with Gasteiger partial charge in [-0.15, -0.1) is 0 Å². The van der Waals surface area contributed by atoms with E-state index < -0.39 is 21.3 Å². The van der Waals surface area contributed by atoms with Gasteiger partial charge < -0.3 is 29.7 Å². The Labute approximate surface area is 251 Å². The first-order valence-corrected chi connectivity index (χ1v) is 16.1. The van der Waals surface area contributed by atoms with Crippen LogP contribution in [0.5, 0.6) is 11.5 Å². The number of halogens is 1. The van der Waals surface area contributed by atoms with Crippen LogP contribution in [0.25, 0.3) is 10.9 Å². The molecule has 13 heteroatoms. The van der Waals surface area contributed by atoms with E-state index in [-0.39, 0.29) is 28.8 Å². The standard InChI is InChI=1S/C30H38FN5O6S/c1-30(2,3)42-29(37)36-18-7-8-19(36)12-17(11-18)16-32-28-34-24-15-26(41-5)25(40-4)14-21(24)27(35-28)33-23-10-9-20(13-22(23)31)43(6,38)39/h9-10,13-15,17-19H,7-8,11-12,16H2,1-6H3,(H2,32,33,34,35)/t17?,18-,19+. The molecule has 2 N–H and O–H groups in total. The third-order valence-corrected chi connectivity index (χ3v) is 8.92. The van der Waals surface area contributed by atoms with Gasteiger partial charge in [0.15, 0.2) is 21.3 Å². The van der Waals surface area contributed by atoms with E-state index in [1.807, 2.05) is 25.7 Å². The molecule has 0 saturated carbocycles. The highest BCUT2D eigenvalue weighted by molar-refractivity contribution is 7.90. The topological polar surface area (TPSA) is 132 Å². The predicted octanol–water partition coefficient (Wildman–Crippen LogP) is 5.52. The first kappa shape index (κ1) is 30.6. The number of fused-ring (bicyclic) bond motifs is 3. The van der Waals surface area contributed by atoms with Crippen LogP contribution < -0.4 is 20.1 Å². The molecule has 232 valence electrons. The maximum atomic E-state index is 15.0. The van der Waals surface area contributed by atoms with Crippen LogP contribution in [-0.2, 0) is 14.6 Å². The van der Waals surface area contributed by atoms with E-state index in [1.165, 1.54) is 26.4 Å². The molecule has 1 aromatic heterocycles. The first-order valence-electron chi connectivity index (χ1n) is 14.2. The number of rotatable bonds is 8. The van der Waals surface area contributed by atoms with E-state index in [0.717, 1.165) is 38.0 Å². The number of nitrogens with zero attached hydrogens (tertiary/aromatic N) is 3. The Morgan fingerprint density at radius 1 is 1.05 bits per heavy atom. The van der Waals surface area contributed by atoms with Gasteiger partial charge in [0.2, 0.25) is 5.95 Å². The zero-order chi connectivity index (χ0) is 31.1. The summed E-state index contributed by atoms with van der Waals surface area (Å²) in [5.74, 6) is 1.11. The summed E-state index contributed by atoms with van der Waals surface area (Å²) in [5, 5.41) is 6.91. The minimum Gasteiger partial charge on any atom is -0.493 e. The van der Waals surface area contributed by atoms with Gasteiger partial charge in [0, 0.05) is 36.3 Å². The summed E-state index contributed by atoms with van der Waals surface area (Å²) in [7, 11) is -0.534. The molecule has 43 heavy (non-hydrogen) atoms. The van der Waals surface area contributed by atoms with Gasteiger partial charge in [-0.25, -0.2) is 22.6 Å². The molecular weight excluding hydrogens is 577 g/mol. The van der Waals surface area contributed by atoms with Gasteiger partial charge >= 0.3 is 6.09 Å². The number of benzene rings is 2. The number of ether oxygens (including phenoxy) is 3. The lowest BCUT2D eigenvalue weighted by atomic mass is 9.91. The molecule has 3 aromatic rings. The Balaban J connectivity index is 1.39. The Morgan fingerprint density at radius 2 is 1.70 bits per heavy atom. The van der Waals surface area contributed by atoms with Crippen molar-refractivity contribution in [2.24, 2.45) is 5.92 Å². The molecular formula is C30H38FN5O6S. The van der Waals surface area contributed by atoms with Crippen LogP contribution in [0.3, 0.4) is 0 Å². The van der Waals surface area contributed by atoms with Crippen molar-refractivity contribution < 1.29 is 31.8 Å². The van der Waals surface area contributed by atoms with Crippen LogP contribution in [0.4, 0.5) is 26.6 Å². The van der Waals surface area contributed by atoms with E-state index in [4.69, 9.17) is 19.2 Å². The second-order valence-corrected chi connectivity index (χ2v) is 14.2. The van der Waals surface area contributed by atoms with E-state index in [9.17, 15) is 13.2 Å². The third kappa shape index (κ3) is 6.71. The Hall–Kier alpha value is -3.87. The quantitative estimate of drug-likeness (QED) is 0.334. The lowest BCUT2D eigenvalue weighted by molar-refractivity contribution is 0.00282. The van der Waals surface area contributed by atoms with Gasteiger partial charge in [0.25, 0.3) is 0 Å². The van der Waals surface area contributed by atoms with Crippen molar-refractivity contribution in [2.45, 2.75) is 69.0 Å². The molecule has 2 aromatic carbocycles. The molecule has 2 saturated heterocycles. The molecule has 0 radical (unpaired) electrons. The van der Waals surface area contributed by atoms with Crippen LogP contribution in [0.2, 0.25) is 0 Å². The fourth-order valence-corrected chi connectivity index (χ4v) is 6.52. The average Bonchev–Trinajstić information content (AvgIpc) is 3.20. The number of hydrogen-bond donors (Lipinski definition) is 2. The molecule has 3 atom stereocenters. The van der Waals surface area contributed by atoms with Gasteiger partial charge in [-0.3, -0.25) is 0 Å². The minimum absolute atomic E-state index is 0.0548. The number of nitrogens with one attached hydrogen (secondary N) is 2. The van der Waals surface area contributed by atoms with E-state index in [2.05, 4.69) is 15.6 Å². The number of anilines is 3. The second kappa shape index (κ2) is 11.7.